The summed E-state index contributed by atoms with van der Waals surface area (Å²) in [5.41, 5.74) is 5.33. The van der Waals surface area contributed by atoms with E-state index in [1.807, 2.05) is 0 Å². The summed E-state index contributed by atoms with van der Waals surface area (Å²) in [6.07, 6.45) is 4.38. The summed E-state index contributed by atoms with van der Waals surface area (Å²) >= 11 is 0. The van der Waals surface area contributed by atoms with Gasteiger partial charge in [-0.15, -0.1) is 0 Å². The van der Waals surface area contributed by atoms with Crippen LogP contribution in [-0.4, -0.2) is 30.9 Å². The van der Waals surface area contributed by atoms with E-state index < -0.39 is 0 Å². The monoisotopic (exact) mass is 129 g/mol. The van der Waals surface area contributed by atoms with Gasteiger partial charge in [-0.2, -0.15) is 0 Å². The van der Waals surface area contributed by atoms with Crippen LogP contribution in [0.15, 0.2) is 0 Å². The molecule has 0 radical (unpaired) electrons. The zero-order valence-corrected chi connectivity index (χ0v) is 6.43. The third-order valence-corrected chi connectivity index (χ3v) is 1.21. The second kappa shape index (κ2) is 5.76. The molecule has 2 heteroatoms. The Morgan fingerprint density at radius 1 is 1.56 bits per heavy atom. The van der Waals surface area contributed by atoms with E-state index in [0.717, 1.165) is 25.9 Å². The second-order valence-electron chi connectivity index (χ2n) is 2.21. The molecule has 0 saturated carbocycles. The maximum Gasteiger partial charge on any atom is 0.143 e. The minimum Gasteiger partial charge on any atom is -0.330 e. The lowest BCUT2D eigenvalue weighted by molar-refractivity contribution is -0.493. The molecule has 0 aromatic heterocycles. The number of hydrogen-bond donors (Lipinski definition) is 1. The molecule has 0 aromatic carbocycles. The molecule has 0 aliphatic rings. The summed E-state index contributed by atoms with van der Waals surface area (Å²) in [4.78, 5) is 0. The lowest BCUT2D eigenvalue weighted by Gasteiger charge is -1.92. The van der Waals surface area contributed by atoms with Gasteiger partial charge in [0.25, 0.3) is 0 Å². The van der Waals surface area contributed by atoms with Gasteiger partial charge in [0.1, 0.15) is 19.8 Å². The van der Waals surface area contributed by atoms with Gasteiger partial charge in [-0.3, -0.25) is 0 Å². The van der Waals surface area contributed by atoms with Crippen LogP contribution in [0, 0.1) is 0 Å². The Morgan fingerprint density at radius 2 is 2.22 bits per heavy atom. The third kappa shape index (κ3) is 5.50. The van der Waals surface area contributed by atoms with Crippen molar-refractivity contribution in [3.05, 3.63) is 0 Å². The second-order valence-corrected chi connectivity index (χ2v) is 2.21. The van der Waals surface area contributed by atoms with E-state index in [0.29, 0.717) is 0 Å². The Morgan fingerprint density at radius 3 is 2.67 bits per heavy atom. The molecule has 0 fully saturated rings. The highest BCUT2D eigenvalue weighted by Gasteiger charge is 1.90. The normalized spacial score (nSPS) is 12.1. The molecule has 0 aliphatic heterocycles. The SMILES string of the molecule is CCC=[N+](C)CCCN. The van der Waals surface area contributed by atoms with Gasteiger partial charge in [-0.1, -0.05) is 6.92 Å². The van der Waals surface area contributed by atoms with Crippen molar-refractivity contribution in [1.29, 1.82) is 0 Å². The van der Waals surface area contributed by atoms with E-state index in [2.05, 4.69) is 24.8 Å². The van der Waals surface area contributed by atoms with Gasteiger partial charge in [0.15, 0.2) is 0 Å². The molecular weight excluding hydrogens is 112 g/mol. The summed E-state index contributed by atoms with van der Waals surface area (Å²) in [7, 11) is 2.08. The van der Waals surface area contributed by atoms with Crippen LogP contribution in [-0.2, 0) is 0 Å². The van der Waals surface area contributed by atoms with E-state index in [1.165, 1.54) is 0 Å². The lowest BCUT2D eigenvalue weighted by atomic mass is 10.4. The first-order valence-electron chi connectivity index (χ1n) is 3.55. The highest BCUT2D eigenvalue weighted by atomic mass is 14.9. The minimum absolute atomic E-state index is 0.794. The van der Waals surface area contributed by atoms with Crippen molar-refractivity contribution >= 4 is 6.21 Å². The molecule has 0 atom stereocenters. The van der Waals surface area contributed by atoms with Crippen LogP contribution < -0.4 is 5.73 Å². The molecule has 0 aliphatic carbocycles. The molecule has 0 amide bonds. The smallest absolute Gasteiger partial charge is 0.143 e. The van der Waals surface area contributed by atoms with Gasteiger partial charge >= 0.3 is 0 Å². The molecule has 0 bridgehead atoms. The zero-order valence-electron chi connectivity index (χ0n) is 6.43. The van der Waals surface area contributed by atoms with E-state index in [9.17, 15) is 0 Å². The van der Waals surface area contributed by atoms with E-state index in [4.69, 9.17) is 5.73 Å². The standard InChI is InChI=1S/C7H17N2/c1-3-6-9(2)7-4-5-8/h6H,3-5,7-8H2,1-2H3/q+1. The maximum absolute atomic E-state index is 5.33. The Kier molecular flexibility index (Phi) is 5.52. The van der Waals surface area contributed by atoms with Crippen LogP contribution in [0.25, 0.3) is 0 Å². The molecule has 2 N–H and O–H groups in total. The van der Waals surface area contributed by atoms with E-state index >= 15 is 0 Å². The molecule has 0 heterocycles. The summed E-state index contributed by atoms with van der Waals surface area (Å²) in [5.74, 6) is 0. The molecule has 0 spiro atoms. The van der Waals surface area contributed by atoms with E-state index in [-0.39, 0.29) is 0 Å². The van der Waals surface area contributed by atoms with Crippen LogP contribution in [0.4, 0.5) is 0 Å². The molecular formula is C7H17N2+. The third-order valence-electron chi connectivity index (χ3n) is 1.21. The predicted molar refractivity (Wildman–Crippen MR) is 41.1 cm³/mol. The first-order valence-corrected chi connectivity index (χ1v) is 3.55. The molecule has 2 nitrogen and oxygen atoms in total. The predicted octanol–water partition coefficient (Wildman–Crippen LogP) is 0.458. The first kappa shape index (κ1) is 8.63. The molecule has 9 heavy (non-hydrogen) atoms. The number of nitrogens with two attached hydrogens (primary N) is 1. The fraction of sp³-hybridized carbons (Fsp3) is 0.857. The van der Waals surface area contributed by atoms with Gasteiger partial charge in [-0.05, 0) is 6.54 Å². The summed E-state index contributed by atoms with van der Waals surface area (Å²) in [6.45, 7) is 4.02. The maximum atomic E-state index is 5.33. The van der Waals surface area contributed by atoms with Gasteiger partial charge < -0.3 is 5.73 Å². The van der Waals surface area contributed by atoms with Crippen molar-refractivity contribution in [3.63, 3.8) is 0 Å². The topological polar surface area (TPSA) is 29.0 Å². The highest BCUT2D eigenvalue weighted by molar-refractivity contribution is 5.50. The quantitative estimate of drug-likeness (QED) is 0.433. The molecule has 0 aromatic rings. The van der Waals surface area contributed by atoms with Crippen molar-refractivity contribution in [2.24, 2.45) is 5.73 Å². The Bertz CT molecular complexity index is 86.9. The summed E-state index contributed by atoms with van der Waals surface area (Å²) < 4.78 is 2.19. The van der Waals surface area contributed by atoms with Crippen molar-refractivity contribution in [2.45, 2.75) is 19.8 Å². The highest BCUT2D eigenvalue weighted by Crippen LogP contribution is 1.75. The lowest BCUT2D eigenvalue weighted by Crippen LogP contribution is -2.12. The van der Waals surface area contributed by atoms with Crippen molar-refractivity contribution in [1.82, 2.24) is 0 Å². The minimum atomic E-state index is 0.794. The molecule has 0 unspecified atom stereocenters. The fourth-order valence-corrected chi connectivity index (χ4v) is 0.744. The fourth-order valence-electron chi connectivity index (χ4n) is 0.744. The van der Waals surface area contributed by atoms with Crippen LogP contribution in [0.2, 0.25) is 0 Å². The Balaban J connectivity index is 3.25. The van der Waals surface area contributed by atoms with Gasteiger partial charge in [0.05, 0.1) is 0 Å². The van der Waals surface area contributed by atoms with Crippen molar-refractivity contribution in [2.75, 3.05) is 20.1 Å². The van der Waals surface area contributed by atoms with Gasteiger partial charge in [0, 0.05) is 12.8 Å². The first-order chi connectivity index (χ1) is 4.31. The van der Waals surface area contributed by atoms with Gasteiger partial charge in [-0.25, -0.2) is 4.58 Å². The Labute approximate surface area is 57.4 Å². The van der Waals surface area contributed by atoms with Crippen LogP contribution >= 0.6 is 0 Å². The van der Waals surface area contributed by atoms with Crippen LogP contribution in [0.3, 0.4) is 0 Å². The van der Waals surface area contributed by atoms with Crippen LogP contribution in [0.5, 0.6) is 0 Å². The molecule has 0 rings (SSSR count). The Hall–Kier alpha value is -0.370. The van der Waals surface area contributed by atoms with Gasteiger partial charge in [0.2, 0.25) is 0 Å². The summed E-state index contributed by atoms with van der Waals surface area (Å²) in [6, 6.07) is 0. The van der Waals surface area contributed by atoms with Crippen molar-refractivity contribution in [3.8, 4) is 0 Å². The molecule has 0 saturated heterocycles. The average molecular weight is 129 g/mol. The number of hydrogen-bond acceptors (Lipinski definition) is 1. The van der Waals surface area contributed by atoms with Crippen molar-refractivity contribution < 1.29 is 4.58 Å². The largest absolute Gasteiger partial charge is 0.330 e. The summed E-state index contributed by atoms with van der Waals surface area (Å²) in [5, 5.41) is 0. The number of nitrogens with zero attached hydrogens (tertiary/aromatic N) is 1. The van der Waals surface area contributed by atoms with E-state index in [1.54, 1.807) is 0 Å². The average Bonchev–Trinajstić information content (AvgIpc) is 1.85. The number of rotatable bonds is 4. The molecule has 54 valence electrons. The van der Waals surface area contributed by atoms with Crippen LogP contribution in [0.1, 0.15) is 19.8 Å². The zero-order chi connectivity index (χ0) is 7.11.